The number of rotatable bonds is 2. The Morgan fingerprint density at radius 3 is 2.91 bits per heavy atom. The van der Waals surface area contributed by atoms with Gasteiger partial charge in [-0.3, -0.25) is 4.79 Å². The predicted octanol–water partition coefficient (Wildman–Crippen LogP) is 2.28. The summed E-state index contributed by atoms with van der Waals surface area (Å²) >= 11 is 11.5. The minimum Gasteiger partial charge on any atom is -0.365 e. The van der Waals surface area contributed by atoms with Crippen LogP contribution in [0.1, 0.15) is 0 Å². The van der Waals surface area contributed by atoms with E-state index in [4.69, 9.17) is 16.3 Å². The van der Waals surface area contributed by atoms with Crippen LogP contribution in [-0.4, -0.2) is 66.2 Å². The van der Waals surface area contributed by atoms with Gasteiger partial charge in [-0.25, -0.2) is 4.98 Å². The van der Waals surface area contributed by atoms with Crippen LogP contribution in [0, 0.1) is 0 Å². The maximum atomic E-state index is 12.6. The van der Waals surface area contributed by atoms with Crippen LogP contribution in [0.2, 0.25) is 5.02 Å². The monoisotopic (exact) mass is 405 g/mol. The van der Waals surface area contributed by atoms with Gasteiger partial charge >= 0.3 is 0 Å². The number of carbonyl (C=O) groups excluding carboxylic acids is 1. The fourth-order valence-corrected chi connectivity index (χ4v) is 4.27. The second-order valence-corrected chi connectivity index (χ2v) is 7.75. The smallest absolute Gasteiger partial charge is 0.253 e. The lowest BCUT2D eigenvalue weighted by atomic mass is 10.2. The minimum atomic E-state index is -0.432. The highest BCUT2D eigenvalue weighted by Crippen LogP contribution is 2.27. The van der Waals surface area contributed by atoms with Crippen molar-refractivity contribution in [1.29, 1.82) is 0 Å². The van der Waals surface area contributed by atoms with Crippen LogP contribution >= 0.6 is 39.3 Å². The van der Waals surface area contributed by atoms with Gasteiger partial charge in [0.15, 0.2) is 6.10 Å². The molecule has 1 unspecified atom stereocenters. The summed E-state index contributed by atoms with van der Waals surface area (Å²) in [7, 11) is 0. The number of ether oxygens (including phenoxy) is 1. The molecule has 0 N–H and O–H groups in total. The van der Waals surface area contributed by atoms with Gasteiger partial charge in [0, 0.05) is 41.8 Å². The summed E-state index contributed by atoms with van der Waals surface area (Å²) in [6.07, 6.45) is 1.29. The summed E-state index contributed by atoms with van der Waals surface area (Å²) in [5, 5.41) is 0.580. The molecule has 0 saturated carbocycles. The molecule has 1 aromatic heterocycles. The van der Waals surface area contributed by atoms with E-state index < -0.39 is 6.10 Å². The minimum absolute atomic E-state index is 0.0817. The Hall–Kier alpha value is -0.500. The number of hydrogen-bond acceptors (Lipinski definition) is 5. The van der Waals surface area contributed by atoms with Gasteiger partial charge in [0.2, 0.25) is 0 Å². The quantitative estimate of drug-likeness (QED) is 0.754. The molecule has 0 spiro atoms. The lowest BCUT2D eigenvalue weighted by Gasteiger charge is -2.36. The molecule has 2 saturated heterocycles. The third-order valence-corrected chi connectivity index (χ3v) is 5.41. The molecule has 8 heteroatoms. The Morgan fingerprint density at radius 1 is 1.41 bits per heavy atom. The van der Waals surface area contributed by atoms with Gasteiger partial charge in [-0.05, 0) is 22.0 Å². The van der Waals surface area contributed by atoms with Gasteiger partial charge in [0.25, 0.3) is 5.91 Å². The number of pyridine rings is 1. The summed E-state index contributed by atoms with van der Waals surface area (Å²) in [6.45, 7) is 3.30. The Balaban J connectivity index is 1.69. The van der Waals surface area contributed by atoms with Gasteiger partial charge in [-0.2, -0.15) is 11.8 Å². The van der Waals surface area contributed by atoms with Crippen LogP contribution < -0.4 is 4.90 Å². The molecule has 3 rings (SSSR count). The van der Waals surface area contributed by atoms with Crippen LogP contribution in [0.5, 0.6) is 0 Å². The molecule has 22 heavy (non-hydrogen) atoms. The number of thioether (sulfide) groups is 1. The van der Waals surface area contributed by atoms with E-state index in [-0.39, 0.29) is 5.91 Å². The molecule has 2 aliphatic heterocycles. The first-order valence-electron chi connectivity index (χ1n) is 7.19. The Kier molecular flexibility index (Phi) is 5.49. The van der Waals surface area contributed by atoms with E-state index in [2.05, 4.69) is 20.9 Å². The number of anilines is 1. The lowest BCUT2D eigenvalue weighted by molar-refractivity contribution is -0.144. The highest BCUT2D eigenvalue weighted by molar-refractivity contribution is 9.10. The molecule has 3 heterocycles. The van der Waals surface area contributed by atoms with Gasteiger partial charge in [-0.1, -0.05) is 11.6 Å². The SMILES string of the molecule is O=C(C1CN(c2ncc(Br)cc2Cl)CCO1)N1CCSCC1. The molecule has 1 aromatic rings. The molecular weight excluding hydrogens is 390 g/mol. The first-order chi connectivity index (χ1) is 10.6. The van der Waals surface area contributed by atoms with Crippen LogP contribution in [0.25, 0.3) is 0 Å². The van der Waals surface area contributed by atoms with Crippen molar-refractivity contribution in [2.75, 3.05) is 49.2 Å². The molecule has 1 atom stereocenters. The second kappa shape index (κ2) is 7.38. The third-order valence-electron chi connectivity index (χ3n) is 3.75. The number of nitrogens with zero attached hydrogens (tertiary/aromatic N) is 3. The van der Waals surface area contributed by atoms with E-state index in [1.807, 2.05) is 27.6 Å². The van der Waals surface area contributed by atoms with Crippen molar-refractivity contribution in [3.63, 3.8) is 0 Å². The molecule has 120 valence electrons. The van der Waals surface area contributed by atoms with Crippen molar-refractivity contribution in [2.45, 2.75) is 6.10 Å². The standard InChI is InChI=1S/C14H17BrClN3O2S/c15-10-7-11(16)13(17-8-10)19-1-4-21-12(9-19)14(20)18-2-5-22-6-3-18/h7-8,12H,1-6,9H2. The van der Waals surface area contributed by atoms with Crippen LogP contribution in [0.3, 0.4) is 0 Å². The van der Waals surface area contributed by atoms with Crippen molar-refractivity contribution < 1.29 is 9.53 Å². The second-order valence-electron chi connectivity index (χ2n) is 5.20. The third kappa shape index (κ3) is 3.69. The van der Waals surface area contributed by atoms with Crippen molar-refractivity contribution >= 4 is 51.0 Å². The molecule has 0 bridgehead atoms. The fraction of sp³-hybridized carbons (Fsp3) is 0.571. The normalized spacial score (nSPS) is 22.7. The lowest BCUT2D eigenvalue weighted by Crippen LogP contribution is -2.52. The number of morpholine rings is 1. The number of aromatic nitrogens is 1. The summed E-state index contributed by atoms with van der Waals surface area (Å²) in [5.74, 6) is 2.79. The largest absolute Gasteiger partial charge is 0.365 e. The molecule has 2 aliphatic rings. The van der Waals surface area contributed by atoms with Crippen molar-refractivity contribution in [2.24, 2.45) is 0 Å². The number of halogens is 2. The zero-order chi connectivity index (χ0) is 15.5. The van der Waals surface area contributed by atoms with Crippen molar-refractivity contribution in [3.8, 4) is 0 Å². The van der Waals surface area contributed by atoms with Gasteiger partial charge in [-0.15, -0.1) is 0 Å². The zero-order valence-corrected chi connectivity index (χ0v) is 15.2. The van der Waals surface area contributed by atoms with Gasteiger partial charge in [0.05, 0.1) is 18.2 Å². The van der Waals surface area contributed by atoms with Crippen LogP contribution in [-0.2, 0) is 9.53 Å². The maximum absolute atomic E-state index is 12.6. The average Bonchev–Trinajstić information content (AvgIpc) is 2.55. The number of hydrogen-bond donors (Lipinski definition) is 0. The Labute approximate surface area is 147 Å². The molecular formula is C14H17BrClN3O2S. The van der Waals surface area contributed by atoms with E-state index in [1.165, 1.54) is 0 Å². The van der Waals surface area contributed by atoms with Crippen molar-refractivity contribution in [1.82, 2.24) is 9.88 Å². The van der Waals surface area contributed by atoms with Crippen LogP contribution in [0.4, 0.5) is 5.82 Å². The molecule has 0 radical (unpaired) electrons. The predicted molar refractivity (Wildman–Crippen MR) is 92.8 cm³/mol. The van der Waals surface area contributed by atoms with Gasteiger partial charge < -0.3 is 14.5 Å². The highest BCUT2D eigenvalue weighted by Gasteiger charge is 2.32. The fourth-order valence-electron chi connectivity index (χ4n) is 2.62. The van der Waals surface area contributed by atoms with E-state index in [1.54, 1.807) is 6.20 Å². The van der Waals surface area contributed by atoms with Crippen LogP contribution in [0.15, 0.2) is 16.7 Å². The molecule has 5 nitrogen and oxygen atoms in total. The van der Waals surface area contributed by atoms with E-state index in [9.17, 15) is 4.79 Å². The van der Waals surface area contributed by atoms with E-state index >= 15 is 0 Å². The molecule has 0 aromatic carbocycles. The van der Waals surface area contributed by atoms with E-state index in [0.29, 0.717) is 30.5 Å². The summed E-state index contributed by atoms with van der Waals surface area (Å²) < 4.78 is 6.53. The van der Waals surface area contributed by atoms with E-state index in [0.717, 1.165) is 29.1 Å². The summed E-state index contributed by atoms with van der Waals surface area (Å²) in [5.41, 5.74) is 0. The molecule has 1 amide bonds. The van der Waals surface area contributed by atoms with Crippen molar-refractivity contribution in [3.05, 3.63) is 21.8 Å². The topological polar surface area (TPSA) is 45.7 Å². The number of amides is 1. The number of carbonyl (C=O) groups is 1. The maximum Gasteiger partial charge on any atom is 0.253 e. The summed E-state index contributed by atoms with van der Waals surface area (Å²) in [6, 6.07) is 1.82. The average molecular weight is 407 g/mol. The Morgan fingerprint density at radius 2 is 2.18 bits per heavy atom. The zero-order valence-electron chi connectivity index (χ0n) is 12.0. The first-order valence-corrected chi connectivity index (χ1v) is 9.52. The first kappa shape index (κ1) is 16.4. The Bertz CT molecular complexity index is 557. The highest BCUT2D eigenvalue weighted by atomic mass is 79.9. The summed E-state index contributed by atoms with van der Waals surface area (Å²) in [4.78, 5) is 20.9. The molecule has 2 fully saturated rings. The van der Waals surface area contributed by atoms with Gasteiger partial charge in [0.1, 0.15) is 5.82 Å². The molecule has 0 aliphatic carbocycles.